The normalized spacial score (nSPS) is 27.5. The van der Waals surface area contributed by atoms with Gasteiger partial charge in [0.15, 0.2) is 0 Å². The molecule has 0 aromatic carbocycles. The number of aliphatic carboxylic acids is 1. The predicted octanol–water partition coefficient (Wildman–Crippen LogP) is 6.89. The number of aromatic nitrogens is 4. The summed E-state index contributed by atoms with van der Waals surface area (Å²) in [4.78, 5) is 27.3. The van der Waals surface area contributed by atoms with E-state index < -0.39 is 5.97 Å². The van der Waals surface area contributed by atoms with Gasteiger partial charge in [-0.3, -0.25) is 9.48 Å². The Labute approximate surface area is 276 Å². The first-order chi connectivity index (χ1) is 22.3. The van der Waals surface area contributed by atoms with Crippen LogP contribution in [0.3, 0.4) is 0 Å². The zero-order chi connectivity index (χ0) is 32.2. The van der Waals surface area contributed by atoms with Crippen LogP contribution in [0.25, 0.3) is 0 Å². The van der Waals surface area contributed by atoms with E-state index in [1.165, 1.54) is 68.2 Å². The van der Waals surface area contributed by atoms with Crippen molar-refractivity contribution in [2.75, 3.05) is 36.9 Å². The van der Waals surface area contributed by atoms with Gasteiger partial charge < -0.3 is 20.2 Å². The lowest BCUT2D eigenvalue weighted by atomic mass is 9.72. The highest BCUT2D eigenvalue weighted by Gasteiger charge is 2.35. The summed E-state index contributed by atoms with van der Waals surface area (Å²) in [5.74, 6) is 3.74. The van der Waals surface area contributed by atoms with Crippen LogP contribution in [0, 0.1) is 29.6 Å². The molecule has 254 valence electrons. The fraction of sp³-hybridized carbons (Fsp3) is 0.784. The maximum Gasteiger partial charge on any atom is 0.306 e. The van der Waals surface area contributed by atoms with E-state index in [1.54, 1.807) is 0 Å². The molecule has 3 aliphatic carbocycles. The number of hydrogen-bond donors (Lipinski definition) is 2. The second-order valence-electron chi connectivity index (χ2n) is 15.4. The predicted molar refractivity (Wildman–Crippen MR) is 184 cm³/mol. The van der Waals surface area contributed by atoms with Crippen LogP contribution in [0.1, 0.15) is 120 Å². The molecule has 46 heavy (non-hydrogen) atoms. The average Bonchev–Trinajstić information content (AvgIpc) is 3.51. The van der Waals surface area contributed by atoms with Crippen LogP contribution in [0.15, 0.2) is 12.4 Å². The summed E-state index contributed by atoms with van der Waals surface area (Å²) in [7, 11) is 4.18. The van der Waals surface area contributed by atoms with Crippen molar-refractivity contribution in [3.8, 4) is 0 Å². The second-order valence-corrected chi connectivity index (χ2v) is 15.4. The van der Waals surface area contributed by atoms with Gasteiger partial charge in [-0.2, -0.15) is 10.1 Å². The maximum atomic E-state index is 11.6. The zero-order valence-corrected chi connectivity index (χ0v) is 29.0. The van der Waals surface area contributed by atoms with Crippen molar-refractivity contribution in [1.29, 1.82) is 0 Å². The Hall–Kier alpha value is -2.68. The molecule has 0 bridgehead atoms. The van der Waals surface area contributed by atoms with Crippen LogP contribution in [0.2, 0.25) is 0 Å². The third-order valence-corrected chi connectivity index (χ3v) is 12.1. The Morgan fingerprint density at radius 3 is 2.50 bits per heavy atom. The topological polar surface area (TPSA) is 99.4 Å². The lowest BCUT2D eigenvalue weighted by molar-refractivity contribution is -0.143. The highest BCUT2D eigenvalue weighted by atomic mass is 16.4. The van der Waals surface area contributed by atoms with E-state index in [9.17, 15) is 9.90 Å². The first kappa shape index (κ1) is 33.2. The van der Waals surface area contributed by atoms with Crippen molar-refractivity contribution in [1.82, 2.24) is 24.6 Å². The van der Waals surface area contributed by atoms with Crippen molar-refractivity contribution in [2.24, 2.45) is 36.6 Å². The van der Waals surface area contributed by atoms with Crippen molar-refractivity contribution >= 4 is 17.7 Å². The van der Waals surface area contributed by atoms with Crippen LogP contribution in [0.5, 0.6) is 0 Å². The molecule has 2 N–H and O–H groups in total. The Kier molecular flexibility index (Phi) is 10.9. The molecule has 9 nitrogen and oxygen atoms in total. The molecule has 9 heteroatoms. The molecule has 1 unspecified atom stereocenters. The quantitative estimate of drug-likeness (QED) is 0.276. The summed E-state index contributed by atoms with van der Waals surface area (Å²) < 4.78 is 1.92. The van der Waals surface area contributed by atoms with Gasteiger partial charge in [-0.15, -0.1) is 0 Å². The number of aryl methyl sites for hydroxylation is 2. The van der Waals surface area contributed by atoms with Crippen molar-refractivity contribution in [3.05, 3.63) is 29.2 Å². The summed E-state index contributed by atoms with van der Waals surface area (Å²) in [6, 6.07) is 0.391. The zero-order valence-electron chi connectivity index (χ0n) is 29.0. The Morgan fingerprint density at radius 1 is 1.04 bits per heavy atom. The average molecular weight is 634 g/mol. The van der Waals surface area contributed by atoms with E-state index in [0.29, 0.717) is 17.9 Å². The van der Waals surface area contributed by atoms with E-state index >= 15 is 0 Å². The van der Waals surface area contributed by atoms with Crippen LogP contribution >= 0.6 is 0 Å². The number of rotatable bonds is 11. The molecule has 6 rings (SSSR count). The standard InChI is InChI=1S/C37H59N7O2/c1-5-34(27-13-15-28(16-14-27)36(45)46)43(4)37-40-32-18-17-29(26-11-7-6-8-12-26)20-31(32)35(41-37)39-33(30-21-38-42(3)23-30)24-44-19-9-10-25(2)22-44/h21,23,25-29,33-34H,5-20,22,24H2,1-4H3,(H,45,46)(H,39,40,41)/t25-,27?,28?,29?,33-,34+/m0/s1. The lowest BCUT2D eigenvalue weighted by Crippen LogP contribution is -2.41. The van der Waals surface area contributed by atoms with E-state index in [1.807, 2.05) is 17.9 Å². The number of likely N-dealkylation sites (tertiary alicyclic amines) is 1. The van der Waals surface area contributed by atoms with Gasteiger partial charge in [-0.25, -0.2) is 4.98 Å². The van der Waals surface area contributed by atoms with Gasteiger partial charge in [-0.1, -0.05) is 46.0 Å². The van der Waals surface area contributed by atoms with Gasteiger partial charge in [0.05, 0.1) is 23.9 Å². The SMILES string of the molecule is CC[C@H](C1CCC(C(=O)O)CC1)N(C)c1nc2c(c(N[C@@H](CN3CCC[C@H](C)C3)c3cnn(C)c3)n1)CC(C1CCCCC1)CC2. The fourth-order valence-corrected chi connectivity index (χ4v) is 9.46. The minimum atomic E-state index is -0.637. The molecule has 0 radical (unpaired) electrons. The molecule has 0 spiro atoms. The molecule has 2 saturated carbocycles. The third-order valence-electron chi connectivity index (χ3n) is 12.1. The molecule has 3 fully saturated rings. The summed E-state index contributed by atoms with van der Waals surface area (Å²) >= 11 is 0. The van der Waals surface area contributed by atoms with E-state index in [-0.39, 0.29) is 12.0 Å². The Balaban J connectivity index is 1.31. The highest BCUT2D eigenvalue weighted by molar-refractivity contribution is 5.70. The smallest absolute Gasteiger partial charge is 0.306 e. The van der Waals surface area contributed by atoms with Crippen LogP contribution < -0.4 is 10.2 Å². The first-order valence-electron chi connectivity index (χ1n) is 18.6. The van der Waals surface area contributed by atoms with Gasteiger partial charge in [-0.05, 0) is 94.4 Å². The van der Waals surface area contributed by atoms with Crippen molar-refractivity contribution < 1.29 is 9.90 Å². The Bertz CT molecular complexity index is 1300. The number of hydrogen-bond acceptors (Lipinski definition) is 7. The van der Waals surface area contributed by atoms with Crippen LogP contribution in [0.4, 0.5) is 11.8 Å². The summed E-state index contributed by atoms with van der Waals surface area (Å²) in [6.07, 6.45) is 21.4. The summed E-state index contributed by atoms with van der Waals surface area (Å²) in [5, 5.41) is 18.2. The molecule has 4 aliphatic rings. The molecule has 4 atom stereocenters. The second kappa shape index (κ2) is 15.0. The molecular formula is C37H59N7O2. The van der Waals surface area contributed by atoms with Gasteiger partial charge >= 0.3 is 5.97 Å². The number of carboxylic acids is 1. The molecule has 3 heterocycles. The number of fused-ring (bicyclic) bond motifs is 1. The van der Waals surface area contributed by atoms with Gasteiger partial charge in [0, 0.05) is 50.6 Å². The van der Waals surface area contributed by atoms with E-state index in [4.69, 9.17) is 9.97 Å². The van der Waals surface area contributed by atoms with Crippen LogP contribution in [-0.2, 0) is 24.7 Å². The van der Waals surface area contributed by atoms with Gasteiger partial charge in [0.2, 0.25) is 5.95 Å². The number of anilines is 2. The van der Waals surface area contributed by atoms with E-state index in [0.717, 1.165) is 88.2 Å². The maximum absolute atomic E-state index is 11.6. The fourth-order valence-electron chi connectivity index (χ4n) is 9.46. The number of carbonyl (C=O) groups is 1. The number of piperidine rings is 1. The third kappa shape index (κ3) is 7.71. The van der Waals surface area contributed by atoms with E-state index in [2.05, 4.69) is 47.3 Å². The minimum Gasteiger partial charge on any atom is -0.481 e. The first-order valence-corrected chi connectivity index (χ1v) is 18.6. The molecule has 1 saturated heterocycles. The van der Waals surface area contributed by atoms with Gasteiger partial charge in [0.1, 0.15) is 5.82 Å². The molecule has 0 amide bonds. The van der Waals surface area contributed by atoms with Gasteiger partial charge in [0.25, 0.3) is 0 Å². The summed E-state index contributed by atoms with van der Waals surface area (Å²) in [5.41, 5.74) is 3.78. The molecule has 1 aliphatic heterocycles. The minimum absolute atomic E-state index is 0.0967. The lowest BCUT2D eigenvalue weighted by Gasteiger charge is -2.39. The summed E-state index contributed by atoms with van der Waals surface area (Å²) in [6.45, 7) is 7.86. The Morgan fingerprint density at radius 2 is 1.83 bits per heavy atom. The van der Waals surface area contributed by atoms with Crippen molar-refractivity contribution in [3.63, 3.8) is 0 Å². The number of nitrogens with zero attached hydrogens (tertiary/aromatic N) is 6. The number of nitrogens with one attached hydrogen (secondary N) is 1. The molecular weight excluding hydrogens is 574 g/mol. The highest BCUT2D eigenvalue weighted by Crippen LogP contribution is 2.41. The molecule has 2 aromatic heterocycles. The monoisotopic (exact) mass is 633 g/mol. The van der Waals surface area contributed by atoms with Crippen molar-refractivity contribution in [2.45, 2.75) is 122 Å². The molecule has 2 aromatic rings. The number of carboxylic acid groups (broad SMARTS) is 1. The van der Waals surface area contributed by atoms with Crippen LogP contribution in [-0.4, -0.2) is 68.4 Å². The largest absolute Gasteiger partial charge is 0.481 e.